The summed E-state index contributed by atoms with van der Waals surface area (Å²) in [7, 11) is -3.67. The third kappa shape index (κ3) is 4.29. The molecule has 0 bridgehead atoms. The van der Waals surface area contributed by atoms with Crippen LogP contribution in [-0.2, 0) is 21.0 Å². The molecule has 0 unspecified atom stereocenters. The van der Waals surface area contributed by atoms with E-state index < -0.39 is 27.7 Å². The number of sulfonamides is 1. The minimum Gasteiger partial charge on any atom is -0.478 e. The predicted molar refractivity (Wildman–Crippen MR) is 99.3 cm³/mol. The molecule has 5 nitrogen and oxygen atoms in total. The fraction of sp³-hybridized carbons (Fsp3) is 0.278. The first-order chi connectivity index (χ1) is 13.1. The number of nitrogens with zero attached hydrogens (tertiary/aromatic N) is 1. The Bertz CT molecular complexity index is 1000. The van der Waals surface area contributed by atoms with Crippen LogP contribution < -0.4 is 0 Å². The Kier molecular flexibility index (Phi) is 5.64. The second kappa shape index (κ2) is 7.69. The van der Waals surface area contributed by atoms with Crippen molar-refractivity contribution in [2.45, 2.75) is 23.2 Å². The van der Waals surface area contributed by atoms with Crippen molar-refractivity contribution < 1.29 is 31.5 Å². The molecule has 2 heterocycles. The molecule has 1 aromatic carbocycles. The highest BCUT2D eigenvalue weighted by Gasteiger charge is 2.30. The number of aliphatic carboxylic acids is 1. The van der Waals surface area contributed by atoms with Gasteiger partial charge in [-0.2, -0.15) is 17.5 Å². The smallest absolute Gasteiger partial charge is 0.416 e. The minimum atomic E-state index is -4.48. The predicted octanol–water partition coefficient (Wildman–Crippen LogP) is 4.18. The van der Waals surface area contributed by atoms with Gasteiger partial charge in [0.25, 0.3) is 10.0 Å². The number of thiophene rings is 1. The lowest BCUT2D eigenvalue weighted by Crippen LogP contribution is -2.27. The zero-order valence-electron chi connectivity index (χ0n) is 14.4. The summed E-state index contributed by atoms with van der Waals surface area (Å²) < 4.78 is 64.5. The van der Waals surface area contributed by atoms with Gasteiger partial charge in [-0.05, 0) is 48.7 Å². The summed E-state index contributed by atoms with van der Waals surface area (Å²) in [5, 5.41) is 9.49. The summed E-state index contributed by atoms with van der Waals surface area (Å²) in [6.45, 7) is 0.867. The van der Waals surface area contributed by atoms with Crippen molar-refractivity contribution in [2.24, 2.45) is 0 Å². The van der Waals surface area contributed by atoms with Crippen LogP contribution in [0.15, 0.2) is 40.6 Å². The van der Waals surface area contributed by atoms with E-state index in [1.165, 1.54) is 34.6 Å². The number of hydrogen-bond acceptors (Lipinski definition) is 4. The van der Waals surface area contributed by atoms with E-state index in [4.69, 9.17) is 0 Å². The van der Waals surface area contributed by atoms with Gasteiger partial charge in [-0.3, -0.25) is 0 Å². The lowest BCUT2D eigenvalue weighted by molar-refractivity contribution is -0.137. The molecule has 1 fully saturated rings. The van der Waals surface area contributed by atoms with Crippen LogP contribution in [0.5, 0.6) is 0 Å². The number of benzene rings is 1. The van der Waals surface area contributed by atoms with Crippen molar-refractivity contribution in [3.63, 3.8) is 0 Å². The third-order valence-corrected chi connectivity index (χ3v) is 7.77. The number of halogens is 3. The van der Waals surface area contributed by atoms with Crippen molar-refractivity contribution in [1.82, 2.24) is 4.31 Å². The molecule has 0 radical (unpaired) electrons. The van der Waals surface area contributed by atoms with Gasteiger partial charge >= 0.3 is 12.1 Å². The molecule has 10 heteroatoms. The lowest BCUT2D eigenvalue weighted by Gasteiger charge is -2.13. The van der Waals surface area contributed by atoms with Gasteiger partial charge in [-0.1, -0.05) is 12.1 Å². The number of alkyl halides is 3. The Balaban J connectivity index is 1.92. The zero-order chi connectivity index (χ0) is 20.5. The average Bonchev–Trinajstić information content (AvgIpc) is 3.31. The Labute approximate surface area is 163 Å². The first kappa shape index (κ1) is 20.6. The number of carbonyl (C=O) groups is 1. The van der Waals surface area contributed by atoms with E-state index in [2.05, 4.69) is 0 Å². The van der Waals surface area contributed by atoms with Gasteiger partial charge < -0.3 is 5.11 Å². The quantitative estimate of drug-likeness (QED) is 0.721. The van der Waals surface area contributed by atoms with Gasteiger partial charge in [0, 0.05) is 18.0 Å². The molecule has 0 aliphatic carbocycles. The normalized spacial score (nSPS) is 16.5. The monoisotopic (exact) mass is 431 g/mol. The van der Waals surface area contributed by atoms with E-state index in [1.807, 2.05) is 0 Å². The molecule has 0 spiro atoms. The molecule has 2 aromatic rings. The molecule has 28 heavy (non-hydrogen) atoms. The molecule has 1 aromatic heterocycles. The Morgan fingerprint density at radius 2 is 1.68 bits per heavy atom. The van der Waals surface area contributed by atoms with Gasteiger partial charge in [0.05, 0.1) is 11.1 Å². The maximum atomic E-state index is 12.6. The van der Waals surface area contributed by atoms with E-state index in [0.717, 1.165) is 36.3 Å². The third-order valence-electron chi connectivity index (χ3n) is 4.29. The summed E-state index contributed by atoms with van der Waals surface area (Å²) in [5.74, 6) is -1.30. The molecule has 150 valence electrons. The maximum Gasteiger partial charge on any atom is 0.416 e. The van der Waals surface area contributed by atoms with E-state index >= 15 is 0 Å². The molecule has 1 N–H and O–H groups in total. The second-order valence-electron chi connectivity index (χ2n) is 6.21. The van der Waals surface area contributed by atoms with Crippen molar-refractivity contribution >= 4 is 39.0 Å². The molecule has 1 aliphatic rings. The Morgan fingerprint density at radius 1 is 1.07 bits per heavy atom. The molecule has 0 atom stereocenters. The van der Waals surface area contributed by atoms with E-state index in [0.29, 0.717) is 13.1 Å². The molecule has 3 rings (SSSR count). The number of carboxylic acid groups (broad SMARTS) is 1. The lowest BCUT2D eigenvalue weighted by atomic mass is 10.1. The molecule has 1 aliphatic heterocycles. The SMILES string of the molecule is O=C(O)/C(=C/c1ccc(C(F)(F)F)cc1)c1ccc(S(=O)(=O)N2CCCC2)s1. The van der Waals surface area contributed by atoms with E-state index in [-0.39, 0.29) is 20.2 Å². The molecule has 0 saturated carbocycles. The molecule has 1 saturated heterocycles. The molecule has 0 amide bonds. The van der Waals surface area contributed by atoms with Crippen molar-refractivity contribution in [2.75, 3.05) is 13.1 Å². The summed E-state index contributed by atoms with van der Waals surface area (Å²) in [5.41, 5.74) is -0.757. The average molecular weight is 431 g/mol. The van der Waals surface area contributed by atoms with Crippen LogP contribution in [0.3, 0.4) is 0 Å². The largest absolute Gasteiger partial charge is 0.478 e. The summed E-state index contributed by atoms with van der Waals surface area (Å²) in [6.07, 6.45) is -1.69. The number of rotatable bonds is 5. The summed E-state index contributed by atoms with van der Waals surface area (Å²) in [6, 6.07) is 6.82. The first-order valence-corrected chi connectivity index (χ1v) is 10.6. The molecular weight excluding hydrogens is 415 g/mol. The number of carboxylic acids is 1. The van der Waals surface area contributed by atoms with Gasteiger partial charge in [-0.25, -0.2) is 13.2 Å². The van der Waals surface area contributed by atoms with Gasteiger partial charge in [0.1, 0.15) is 4.21 Å². The van der Waals surface area contributed by atoms with Crippen LogP contribution in [0.4, 0.5) is 13.2 Å². The van der Waals surface area contributed by atoms with Crippen molar-refractivity contribution in [3.8, 4) is 0 Å². The Hall–Kier alpha value is -2.17. The van der Waals surface area contributed by atoms with Crippen LogP contribution in [0, 0.1) is 0 Å². The summed E-state index contributed by atoms with van der Waals surface area (Å²) >= 11 is 0.831. The van der Waals surface area contributed by atoms with E-state index in [1.54, 1.807) is 0 Å². The highest BCUT2D eigenvalue weighted by molar-refractivity contribution is 7.91. The van der Waals surface area contributed by atoms with Crippen LogP contribution in [0.2, 0.25) is 0 Å². The zero-order valence-corrected chi connectivity index (χ0v) is 16.1. The Morgan fingerprint density at radius 3 is 2.21 bits per heavy atom. The highest BCUT2D eigenvalue weighted by Crippen LogP contribution is 2.33. The topological polar surface area (TPSA) is 74.7 Å². The van der Waals surface area contributed by atoms with Crippen LogP contribution in [-0.4, -0.2) is 36.9 Å². The maximum absolute atomic E-state index is 12.6. The van der Waals surface area contributed by atoms with Crippen LogP contribution in [0.25, 0.3) is 11.6 Å². The fourth-order valence-electron chi connectivity index (χ4n) is 2.83. The second-order valence-corrected chi connectivity index (χ2v) is 9.46. The summed E-state index contributed by atoms with van der Waals surface area (Å²) in [4.78, 5) is 11.9. The van der Waals surface area contributed by atoms with E-state index in [9.17, 15) is 31.5 Å². The van der Waals surface area contributed by atoms with Gasteiger partial charge in [0.2, 0.25) is 0 Å². The van der Waals surface area contributed by atoms with Crippen molar-refractivity contribution in [1.29, 1.82) is 0 Å². The minimum absolute atomic E-state index is 0.0453. The standard InChI is InChI=1S/C18H16F3NO4S2/c19-18(20,21)13-5-3-12(4-6-13)11-14(17(23)24)15-7-8-16(27-15)28(25,26)22-9-1-2-10-22/h3-8,11H,1-2,9-10H2,(H,23,24)/b14-11+. The highest BCUT2D eigenvalue weighted by atomic mass is 32.2. The fourth-order valence-corrected chi connectivity index (χ4v) is 5.82. The first-order valence-electron chi connectivity index (χ1n) is 8.31. The van der Waals surface area contributed by atoms with Gasteiger partial charge in [-0.15, -0.1) is 11.3 Å². The van der Waals surface area contributed by atoms with Crippen LogP contribution >= 0.6 is 11.3 Å². The van der Waals surface area contributed by atoms with Crippen molar-refractivity contribution in [3.05, 3.63) is 52.4 Å². The van der Waals surface area contributed by atoms with Gasteiger partial charge in [0.15, 0.2) is 0 Å². The molecular formula is C18H16F3NO4S2. The number of hydrogen-bond donors (Lipinski definition) is 1. The van der Waals surface area contributed by atoms with Crippen LogP contribution in [0.1, 0.15) is 28.8 Å².